The Labute approximate surface area is 133 Å². The minimum Gasteiger partial charge on any atom is -0.467 e. The summed E-state index contributed by atoms with van der Waals surface area (Å²) in [5.74, 6) is 0. The molecule has 0 radical (unpaired) electrons. The summed E-state index contributed by atoms with van der Waals surface area (Å²) in [6, 6.07) is 0. The van der Waals surface area contributed by atoms with Crippen LogP contribution < -0.4 is 0 Å². The van der Waals surface area contributed by atoms with Crippen LogP contribution in [0.5, 0.6) is 0 Å². The minimum absolute atomic E-state index is 0.277. The van der Waals surface area contributed by atoms with E-state index in [0.29, 0.717) is 10.9 Å². The Hall–Kier alpha value is -0.440. The maximum Gasteiger partial charge on any atom is 0.364 e. The summed E-state index contributed by atoms with van der Waals surface area (Å²) < 4.78 is 42.5. The summed E-state index contributed by atoms with van der Waals surface area (Å²) in [6.45, 7) is 5.67. The number of hydrogen-bond donors (Lipinski definition) is 1. The molecule has 0 atom stereocenters. The molecule has 0 aromatic rings. The SMILES string of the molecule is CCCCCCCCOCN(C(=S)OC(C)C)S(=O)(=O)O. The van der Waals surface area contributed by atoms with Crippen LogP contribution in [0.3, 0.4) is 0 Å². The van der Waals surface area contributed by atoms with E-state index in [1.165, 1.54) is 19.3 Å². The minimum atomic E-state index is -4.47. The van der Waals surface area contributed by atoms with Gasteiger partial charge in [-0.1, -0.05) is 39.0 Å². The predicted molar refractivity (Wildman–Crippen MR) is 86.4 cm³/mol. The third-order valence-corrected chi connectivity index (χ3v) is 3.93. The largest absolute Gasteiger partial charge is 0.467 e. The average molecular weight is 341 g/mol. The van der Waals surface area contributed by atoms with Crippen molar-refractivity contribution in [3.8, 4) is 0 Å². The van der Waals surface area contributed by atoms with Crippen molar-refractivity contribution in [1.82, 2.24) is 4.31 Å². The molecule has 0 aromatic heterocycles. The number of hydrogen-bond acceptors (Lipinski definition) is 5. The van der Waals surface area contributed by atoms with Crippen LogP contribution in [0.25, 0.3) is 0 Å². The number of nitrogens with zero attached hydrogens (tertiary/aromatic N) is 1. The molecule has 0 aliphatic rings. The van der Waals surface area contributed by atoms with Gasteiger partial charge in [0.2, 0.25) is 0 Å². The van der Waals surface area contributed by atoms with E-state index < -0.39 is 10.3 Å². The molecule has 1 N–H and O–H groups in total. The van der Waals surface area contributed by atoms with E-state index in [9.17, 15) is 8.42 Å². The predicted octanol–water partition coefficient (Wildman–Crippen LogP) is 3.14. The summed E-state index contributed by atoms with van der Waals surface area (Å²) in [5, 5.41) is -0.310. The second-order valence-electron chi connectivity index (χ2n) is 5.06. The van der Waals surface area contributed by atoms with E-state index in [4.69, 9.17) is 26.2 Å². The van der Waals surface area contributed by atoms with Gasteiger partial charge in [-0.25, -0.2) is 0 Å². The van der Waals surface area contributed by atoms with Gasteiger partial charge in [0.1, 0.15) is 6.73 Å². The van der Waals surface area contributed by atoms with E-state index in [1.54, 1.807) is 13.8 Å². The standard InChI is InChI=1S/C13H27NO5S2/c1-4-5-6-7-8-9-10-18-11-14(21(15,16)17)13(20)19-12(2)3/h12H,4-11H2,1-3H3,(H,15,16,17). The van der Waals surface area contributed by atoms with Crippen LogP contribution in [-0.4, -0.2) is 41.9 Å². The van der Waals surface area contributed by atoms with Crippen LogP contribution in [0.1, 0.15) is 59.3 Å². The molecule has 0 rings (SSSR count). The Kier molecular flexibility index (Phi) is 10.9. The lowest BCUT2D eigenvalue weighted by Gasteiger charge is -2.22. The molecule has 6 nitrogen and oxygen atoms in total. The fraction of sp³-hybridized carbons (Fsp3) is 0.923. The molecule has 0 fully saturated rings. The molecule has 0 aliphatic heterocycles. The highest BCUT2D eigenvalue weighted by atomic mass is 32.2. The highest BCUT2D eigenvalue weighted by Crippen LogP contribution is 2.07. The van der Waals surface area contributed by atoms with Crippen molar-refractivity contribution >= 4 is 27.7 Å². The molecular formula is C13H27NO5S2. The third kappa shape index (κ3) is 10.9. The molecule has 0 aromatic carbocycles. The monoisotopic (exact) mass is 341 g/mol. The van der Waals surface area contributed by atoms with Gasteiger partial charge in [-0.05, 0) is 32.5 Å². The fourth-order valence-corrected chi connectivity index (χ4v) is 2.57. The van der Waals surface area contributed by atoms with Crippen molar-refractivity contribution in [3.63, 3.8) is 0 Å². The molecule has 0 spiro atoms. The Balaban J connectivity index is 4.02. The molecule has 0 unspecified atom stereocenters. The maximum atomic E-state index is 11.2. The number of rotatable bonds is 11. The highest BCUT2D eigenvalue weighted by molar-refractivity contribution is 7.86. The first kappa shape index (κ1) is 20.6. The molecular weight excluding hydrogens is 314 g/mol. The number of thiocarbonyl (C=S) groups is 1. The lowest BCUT2D eigenvalue weighted by atomic mass is 10.1. The molecule has 8 heteroatoms. The van der Waals surface area contributed by atoms with Gasteiger partial charge in [0.05, 0.1) is 6.10 Å². The van der Waals surface area contributed by atoms with Crippen LogP contribution >= 0.6 is 12.2 Å². The summed E-state index contributed by atoms with van der Waals surface area (Å²) in [5.41, 5.74) is 0. The Bertz CT molecular complexity index is 384. The van der Waals surface area contributed by atoms with Crippen LogP contribution in [-0.2, 0) is 19.8 Å². The molecule has 0 heterocycles. The quantitative estimate of drug-likeness (QED) is 0.269. The van der Waals surface area contributed by atoms with Crippen molar-refractivity contribution in [2.75, 3.05) is 13.3 Å². The van der Waals surface area contributed by atoms with Gasteiger partial charge < -0.3 is 9.47 Å². The van der Waals surface area contributed by atoms with Crippen LogP contribution in [0.15, 0.2) is 0 Å². The number of ether oxygens (including phenoxy) is 2. The van der Waals surface area contributed by atoms with Gasteiger partial charge in [0.15, 0.2) is 0 Å². The zero-order valence-electron chi connectivity index (χ0n) is 13.1. The summed E-state index contributed by atoms with van der Waals surface area (Å²) in [7, 11) is -4.47. The first-order chi connectivity index (χ1) is 9.79. The van der Waals surface area contributed by atoms with Crippen molar-refractivity contribution in [2.45, 2.75) is 65.4 Å². The van der Waals surface area contributed by atoms with Gasteiger partial charge in [0, 0.05) is 6.61 Å². The first-order valence-electron chi connectivity index (χ1n) is 7.32. The second kappa shape index (κ2) is 11.2. The highest BCUT2D eigenvalue weighted by Gasteiger charge is 2.24. The van der Waals surface area contributed by atoms with E-state index in [0.717, 1.165) is 19.3 Å². The van der Waals surface area contributed by atoms with Crippen LogP contribution in [0, 0.1) is 0 Å². The topological polar surface area (TPSA) is 76.1 Å². The normalized spacial score (nSPS) is 11.7. The Morgan fingerprint density at radius 1 is 1.19 bits per heavy atom. The lowest BCUT2D eigenvalue weighted by molar-refractivity contribution is 0.0752. The molecule has 126 valence electrons. The van der Waals surface area contributed by atoms with Crippen LogP contribution in [0.2, 0.25) is 0 Å². The smallest absolute Gasteiger partial charge is 0.364 e. The third-order valence-electron chi connectivity index (χ3n) is 2.67. The van der Waals surface area contributed by atoms with Gasteiger partial charge in [0.25, 0.3) is 5.17 Å². The van der Waals surface area contributed by atoms with Crippen molar-refractivity contribution in [1.29, 1.82) is 0 Å². The molecule has 0 aliphatic carbocycles. The van der Waals surface area contributed by atoms with E-state index in [-0.39, 0.29) is 18.0 Å². The van der Waals surface area contributed by atoms with Gasteiger partial charge in [-0.3, -0.25) is 4.55 Å². The Morgan fingerprint density at radius 2 is 1.76 bits per heavy atom. The summed E-state index contributed by atoms with van der Waals surface area (Å²) in [6.07, 6.45) is 6.40. The zero-order chi connectivity index (χ0) is 16.3. The molecule has 0 bridgehead atoms. The first-order valence-corrected chi connectivity index (χ1v) is 9.13. The fourth-order valence-electron chi connectivity index (χ4n) is 1.61. The van der Waals surface area contributed by atoms with Gasteiger partial charge in [-0.15, -0.1) is 0 Å². The van der Waals surface area contributed by atoms with E-state index in [2.05, 4.69) is 6.92 Å². The van der Waals surface area contributed by atoms with Gasteiger partial charge >= 0.3 is 10.3 Å². The lowest BCUT2D eigenvalue weighted by Crippen LogP contribution is -2.39. The second-order valence-corrected chi connectivity index (χ2v) is 6.75. The summed E-state index contributed by atoms with van der Waals surface area (Å²) >= 11 is 4.83. The van der Waals surface area contributed by atoms with Gasteiger partial charge in [-0.2, -0.15) is 12.7 Å². The van der Waals surface area contributed by atoms with Crippen molar-refractivity contribution in [3.05, 3.63) is 0 Å². The molecule has 0 saturated heterocycles. The van der Waals surface area contributed by atoms with Crippen molar-refractivity contribution < 1.29 is 22.4 Å². The zero-order valence-corrected chi connectivity index (χ0v) is 14.7. The molecule has 21 heavy (non-hydrogen) atoms. The summed E-state index contributed by atoms with van der Waals surface area (Å²) in [4.78, 5) is 0. The molecule has 0 amide bonds. The van der Waals surface area contributed by atoms with Crippen LogP contribution in [0.4, 0.5) is 0 Å². The van der Waals surface area contributed by atoms with E-state index >= 15 is 0 Å². The maximum absolute atomic E-state index is 11.2. The van der Waals surface area contributed by atoms with E-state index in [1.807, 2.05) is 0 Å². The Morgan fingerprint density at radius 3 is 2.29 bits per heavy atom. The number of unbranched alkanes of at least 4 members (excludes halogenated alkanes) is 5. The molecule has 0 saturated carbocycles. The van der Waals surface area contributed by atoms with Crippen molar-refractivity contribution in [2.24, 2.45) is 0 Å². The average Bonchev–Trinajstić information content (AvgIpc) is 2.34.